The Balaban J connectivity index is 0.00000225. The lowest BCUT2D eigenvalue weighted by atomic mass is 10.0. The van der Waals surface area contributed by atoms with E-state index in [0.29, 0.717) is 0 Å². The summed E-state index contributed by atoms with van der Waals surface area (Å²) in [4.78, 5) is 10.7. The molecular weight excluding hydrogens is 301 g/mol. The van der Waals surface area contributed by atoms with Crippen LogP contribution in [0, 0.1) is 0 Å². The van der Waals surface area contributed by atoms with Crippen LogP contribution in [0.4, 0.5) is 0 Å². The molecule has 16 heavy (non-hydrogen) atoms. The van der Waals surface area contributed by atoms with Crippen LogP contribution >= 0.6 is 28.3 Å². The third kappa shape index (κ3) is 3.08. The van der Waals surface area contributed by atoms with Gasteiger partial charge in [0, 0.05) is 5.56 Å². The number of benzene rings is 1. The molecule has 0 bridgehead atoms. The molecular formula is C9H11BrClNO4. The van der Waals surface area contributed by atoms with Crippen molar-refractivity contribution in [1.29, 1.82) is 0 Å². The molecule has 5 N–H and O–H groups in total. The van der Waals surface area contributed by atoms with Crippen LogP contribution in [-0.4, -0.2) is 27.9 Å². The summed E-state index contributed by atoms with van der Waals surface area (Å²) in [5, 5.41) is 27.2. The second-order valence-corrected chi connectivity index (χ2v) is 3.84. The monoisotopic (exact) mass is 311 g/mol. The van der Waals surface area contributed by atoms with E-state index in [2.05, 4.69) is 15.9 Å². The van der Waals surface area contributed by atoms with Crippen LogP contribution in [0.1, 0.15) is 22.0 Å². The Bertz CT molecular complexity index is 399. The van der Waals surface area contributed by atoms with Crippen LogP contribution in [0.5, 0.6) is 5.75 Å². The van der Waals surface area contributed by atoms with Crippen LogP contribution in [-0.2, 0) is 0 Å². The number of nitrogens with two attached hydrogens (primary N) is 1. The summed E-state index contributed by atoms with van der Waals surface area (Å²) >= 11 is 3.01. The lowest BCUT2D eigenvalue weighted by Gasteiger charge is -2.12. The predicted molar refractivity (Wildman–Crippen MR) is 64.0 cm³/mol. The van der Waals surface area contributed by atoms with E-state index in [-0.39, 0.29) is 40.4 Å². The van der Waals surface area contributed by atoms with E-state index in [0.717, 1.165) is 0 Å². The second kappa shape index (κ2) is 6.05. The van der Waals surface area contributed by atoms with Gasteiger partial charge in [-0.3, -0.25) is 0 Å². The molecule has 7 heteroatoms. The van der Waals surface area contributed by atoms with Gasteiger partial charge in [0.05, 0.1) is 22.7 Å². The van der Waals surface area contributed by atoms with E-state index in [9.17, 15) is 9.90 Å². The molecule has 1 rings (SSSR count). The highest BCUT2D eigenvalue weighted by Crippen LogP contribution is 2.32. The summed E-state index contributed by atoms with van der Waals surface area (Å²) in [7, 11) is 0. The van der Waals surface area contributed by atoms with Gasteiger partial charge < -0.3 is 21.1 Å². The van der Waals surface area contributed by atoms with Crippen molar-refractivity contribution in [3.8, 4) is 5.75 Å². The van der Waals surface area contributed by atoms with Crippen molar-refractivity contribution >= 4 is 34.3 Å². The maximum Gasteiger partial charge on any atom is 0.335 e. The summed E-state index contributed by atoms with van der Waals surface area (Å²) in [6.07, 6.45) is 0. The van der Waals surface area contributed by atoms with Crippen LogP contribution in [0.25, 0.3) is 0 Å². The van der Waals surface area contributed by atoms with Gasteiger partial charge in [0.2, 0.25) is 0 Å². The van der Waals surface area contributed by atoms with Gasteiger partial charge in [-0.25, -0.2) is 4.79 Å². The number of aromatic hydroxyl groups is 1. The van der Waals surface area contributed by atoms with Crippen molar-refractivity contribution in [2.45, 2.75) is 6.04 Å². The van der Waals surface area contributed by atoms with E-state index in [1.54, 1.807) is 0 Å². The Kier molecular flexibility index (Phi) is 5.74. The minimum Gasteiger partial charge on any atom is -0.506 e. The average molecular weight is 313 g/mol. The summed E-state index contributed by atoms with van der Waals surface area (Å²) in [5.41, 5.74) is 5.71. The topological polar surface area (TPSA) is 104 Å². The third-order valence-corrected chi connectivity index (χ3v) is 2.54. The van der Waals surface area contributed by atoms with Crippen LogP contribution in [0.2, 0.25) is 0 Å². The molecule has 0 aromatic heterocycles. The first-order valence-corrected chi connectivity index (χ1v) is 4.88. The molecule has 0 amide bonds. The Labute approximate surface area is 106 Å². The number of phenols is 1. The molecule has 0 aliphatic carbocycles. The molecule has 0 aliphatic rings. The number of hydrogen-bond donors (Lipinski definition) is 4. The van der Waals surface area contributed by atoms with Gasteiger partial charge in [0.1, 0.15) is 5.75 Å². The van der Waals surface area contributed by atoms with E-state index in [1.165, 1.54) is 12.1 Å². The molecule has 0 saturated heterocycles. The van der Waals surface area contributed by atoms with Gasteiger partial charge in [-0.2, -0.15) is 0 Å². The number of carbonyl (C=O) groups is 1. The van der Waals surface area contributed by atoms with Gasteiger partial charge in [0.15, 0.2) is 0 Å². The molecule has 0 spiro atoms. The van der Waals surface area contributed by atoms with E-state index in [4.69, 9.17) is 15.9 Å². The zero-order chi connectivity index (χ0) is 11.6. The number of carboxylic acids is 1. The van der Waals surface area contributed by atoms with Crippen molar-refractivity contribution in [3.63, 3.8) is 0 Å². The number of hydrogen-bond acceptors (Lipinski definition) is 4. The first-order valence-electron chi connectivity index (χ1n) is 4.09. The molecule has 0 radical (unpaired) electrons. The minimum absolute atomic E-state index is 0. The van der Waals surface area contributed by atoms with Crippen molar-refractivity contribution < 1.29 is 20.1 Å². The van der Waals surface area contributed by atoms with Crippen molar-refractivity contribution in [3.05, 3.63) is 27.7 Å². The molecule has 0 heterocycles. The zero-order valence-corrected chi connectivity index (χ0v) is 10.5. The molecule has 0 fully saturated rings. The lowest BCUT2D eigenvalue weighted by molar-refractivity contribution is 0.0696. The first-order chi connectivity index (χ1) is 6.97. The highest BCUT2D eigenvalue weighted by atomic mass is 79.9. The molecule has 1 aromatic rings. The number of rotatable bonds is 3. The second-order valence-electron chi connectivity index (χ2n) is 2.99. The smallest absolute Gasteiger partial charge is 0.335 e. The number of aliphatic hydroxyl groups is 1. The molecule has 0 saturated carbocycles. The van der Waals surface area contributed by atoms with E-state index >= 15 is 0 Å². The maximum absolute atomic E-state index is 10.7. The molecule has 0 unspecified atom stereocenters. The van der Waals surface area contributed by atoms with Gasteiger partial charge in [-0.05, 0) is 28.1 Å². The van der Waals surface area contributed by atoms with Crippen molar-refractivity contribution in [1.82, 2.24) is 0 Å². The molecule has 1 atom stereocenters. The van der Waals surface area contributed by atoms with Crippen LogP contribution in [0.3, 0.4) is 0 Å². The Morgan fingerprint density at radius 1 is 1.50 bits per heavy atom. The summed E-state index contributed by atoms with van der Waals surface area (Å²) in [5.74, 6) is -1.27. The largest absolute Gasteiger partial charge is 0.506 e. The SMILES string of the molecule is Cl.N[C@H](CO)c1cc(C(=O)O)cc(Br)c1O. The lowest BCUT2D eigenvalue weighted by Crippen LogP contribution is -2.15. The normalized spacial score (nSPS) is 11.7. The number of aliphatic hydroxyl groups excluding tert-OH is 1. The Hall–Kier alpha value is -0.820. The Morgan fingerprint density at radius 2 is 2.06 bits per heavy atom. The molecule has 0 aliphatic heterocycles. The third-order valence-electron chi connectivity index (χ3n) is 1.94. The number of phenolic OH excluding ortho intramolecular Hbond substituents is 1. The average Bonchev–Trinajstić information content (AvgIpc) is 2.20. The van der Waals surface area contributed by atoms with Gasteiger partial charge >= 0.3 is 5.97 Å². The predicted octanol–water partition coefficient (Wildman–Crippen LogP) is 1.27. The van der Waals surface area contributed by atoms with Crippen LogP contribution in [0.15, 0.2) is 16.6 Å². The van der Waals surface area contributed by atoms with E-state index in [1.807, 2.05) is 0 Å². The number of aromatic carboxylic acids is 1. The fourth-order valence-electron chi connectivity index (χ4n) is 1.12. The summed E-state index contributed by atoms with van der Waals surface area (Å²) in [6.45, 7) is -0.372. The Morgan fingerprint density at radius 3 is 2.50 bits per heavy atom. The van der Waals surface area contributed by atoms with Crippen molar-refractivity contribution in [2.24, 2.45) is 5.73 Å². The first kappa shape index (κ1) is 15.2. The summed E-state index contributed by atoms with van der Waals surface area (Å²) < 4.78 is 0.237. The molecule has 90 valence electrons. The van der Waals surface area contributed by atoms with E-state index < -0.39 is 12.0 Å². The zero-order valence-electron chi connectivity index (χ0n) is 8.05. The highest BCUT2D eigenvalue weighted by molar-refractivity contribution is 9.10. The fraction of sp³-hybridized carbons (Fsp3) is 0.222. The highest BCUT2D eigenvalue weighted by Gasteiger charge is 2.16. The standard InChI is InChI=1S/C9H10BrNO4.ClH/c10-6-2-4(9(14)15)1-5(8(6)13)7(11)3-12;/h1-2,7,12-13H,3,11H2,(H,14,15);1H/t7-;/m1./s1. The minimum atomic E-state index is -1.12. The van der Waals surface area contributed by atoms with Crippen molar-refractivity contribution in [2.75, 3.05) is 6.61 Å². The molecule has 1 aromatic carbocycles. The quantitative estimate of drug-likeness (QED) is 0.673. The molecule has 5 nitrogen and oxygen atoms in total. The maximum atomic E-state index is 10.7. The van der Waals surface area contributed by atoms with Gasteiger partial charge in [0.25, 0.3) is 0 Å². The number of halogens is 2. The van der Waals surface area contributed by atoms with Crippen LogP contribution < -0.4 is 5.73 Å². The number of carboxylic acid groups (broad SMARTS) is 1. The van der Waals surface area contributed by atoms with Gasteiger partial charge in [-0.1, -0.05) is 0 Å². The summed E-state index contributed by atoms with van der Waals surface area (Å²) in [6, 6.07) is 1.70. The van der Waals surface area contributed by atoms with Gasteiger partial charge in [-0.15, -0.1) is 12.4 Å². The fourth-order valence-corrected chi connectivity index (χ4v) is 1.60.